The number of nitrogens with one attached hydrogen (secondary N) is 1. The summed E-state index contributed by atoms with van der Waals surface area (Å²) >= 11 is 5.67. The molecule has 0 saturated carbocycles. The van der Waals surface area contributed by atoms with Crippen molar-refractivity contribution in [1.29, 1.82) is 0 Å². The minimum absolute atomic E-state index is 0.222. The first-order valence-corrected chi connectivity index (χ1v) is 4.84. The van der Waals surface area contributed by atoms with Gasteiger partial charge in [-0.05, 0) is 18.2 Å². The molecule has 16 heavy (non-hydrogen) atoms. The lowest BCUT2D eigenvalue weighted by Gasteiger charge is -2.02. The SMILES string of the molecule is O=C(Nc1ncccn1)c1cccc(Cl)n1. The summed E-state index contributed by atoms with van der Waals surface area (Å²) in [5, 5.41) is 2.77. The van der Waals surface area contributed by atoms with Gasteiger partial charge in [-0.25, -0.2) is 15.0 Å². The van der Waals surface area contributed by atoms with E-state index < -0.39 is 5.91 Å². The Morgan fingerprint density at radius 2 is 1.94 bits per heavy atom. The van der Waals surface area contributed by atoms with Gasteiger partial charge in [0.1, 0.15) is 10.8 Å². The Morgan fingerprint density at radius 1 is 1.19 bits per heavy atom. The zero-order valence-electron chi connectivity index (χ0n) is 8.09. The van der Waals surface area contributed by atoms with Gasteiger partial charge in [0.15, 0.2) is 0 Å². The lowest BCUT2D eigenvalue weighted by molar-refractivity contribution is 0.102. The van der Waals surface area contributed by atoms with Gasteiger partial charge in [0.2, 0.25) is 5.95 Å². The highest BCUT2D eigenvalue weighted by molar-refractivity contribution is 6.29. The minimum Gasteiger partial charge on any atom is -0.289 e. The van der Waals surface area contributed by atoms with Crippen LogP contribution in [0.2, 0.25) is 5.15 Å². The van der Waals surface area contributed by atoms with Crippen molar-refractivity contribution in [3.05, 3.63) is 47.5 Å². The number of aromatic nitrogens is 3. The van der Waals surface area contributed by atoms with Crippen LogP contribution in [0, 0.1) is 0 Å². The molecule has 2 rings (SSSR count). The van der Waals surface area contributed by atoms with Crippen molar-refractivity contribution >= 4 is 23.5 Å². The number of hydrogen-bond donors (Lipinski definition) is 1. The Balaban J connectivity index is 2.15. The van der Waals surface area contributed by atoms with Crippen molar-refractivity contribution < 1.29 is 4.79 Å². The number of rotatable bonds is 2. The quantitative estimate of drug-likeness (QED) is 0.805. The normalized spacial score (nSPS) is 9.81. The van der Waals surface area contributed by atoms with Crippen molar-refractivity contribution in [3.8, 4) is 0 Å². The van der Waals surface area contributed by atoms with Crippen LogP contribution in [-0.2, 0) is 0 Å². The van der Waals surface area contributed by atoms with Crippen LogP contribution < -0.4 is 5.32 Å². The summed E-state index contributed by atoms with van der Waals surface area (Å²) in [4.78, 5) is 23.2. The highest BCUT2D eigenvalue weighted by atomic mass is 35.5. The molecule has 0 saturated heterocycles. The first-order chi connectivity index (χ1) is 7.75. The summed E-state index contributed by atoms with van der Waals surface area (Å²) in [5.41, 5.74) is 0.222. The van der Waals surface area contributed by atoms with E-state index in [-0.39, 0.29) is 16.8 Å². The molecule has 0 aliphatic heterocycles. The highest BCUT2D eigenvalue weighted by Gasteiger charge is 2.08. The first-order valence-electron chi connectivity index (χ1n) is 4.46. The van der Waals surface area contributed by atoms with Crippen molar-refractivity contribution in [1.82, 2.24) is 15.0 Å². The van der Waals surface area contributed by atoms with Crippen LogP contribution in [0.4, 0.5) is 5.95 Å². The Kier molecular flexibility index (Phi) is 3.07. The molecular formula is C10H7ClN4O. The third kappa shape index (κ3) is 2.52. The lowest BCUT2D eigenvalue weighted by Crippen LogP contribution is -2.15. The molecule has 2 aromatic heterocycles. The molecule has 0 fully saturated rings. The molecule has 80 valence electrons. The second-order valence-electron chi connectivity index (χ2n) is 2.87. The van der Waals surface area contributed by atoms with Crippen molar-refractivity contribution in [2.24, 2.45) is 0 Å². The van der Waals surface area contributed by atoms with Crippen LogP contribution in [0.1, 0.15) is 10.5 Å². The largest absolute Gasteiger partial charge is 0.289 e. The molecule has 5 nitrogen and oxygen atoms in total. The summed E-state index contributed by atoms with van der Waals surface area (Å²) in [6.07, 6.45) is 3.07. The molecule has 0 aliphatic carbocycles. The van der Waals surface area contributed by atoms with Crippen LogP contribution in [0.3, 0.4) is 0 Å². The van der Waals surface area contributed by atoms with Crippen molar-refractivity contribution in [2.75, 3.05) is 5.32 Å². The summed E-state index contributed by atoms with van der Waals surface area (Å²) in [7, 11) is 0. The maximum Gasteiger partial charge on any atom is 0.276 e. The van der Waals surface area contributed by atoms with Crippen LogP contribution in [0.15, 0.2) is 36.7 Å². The number of pyridine rings is 1. The van der Waals surface area contributed by atoms with Crippen LogP contribution in [0.5, 0.6) is 0 Å². The maximum absolute atomic E-state index is 11.7. The predicted octanol–water partition coefficient (Wildman–Crippen LogP) is 1.78. The van der Waals surface area contributed by atoms with Crippen molar-refractivity contribution in [2.45, 2.75) is 0 Å². The Morgan fingerprint density at radius 3 is 2.62 bits per heavy atom. The standard InChI is InChI=1S/C10H7ClN4O/c11-8-4-1-3-7(14-8)9(16)15-10-12-5-2-6-13-10/h1-6H,(H,12,13,15,16). The highest BCUT2D eigenvalue weighted by Crippen LogP contribution is 2.06. The van der Waals surface area contributed by atoms with Crippen LogP contribution in [-0.4, -0.2) is 20.9 Å². The fourth-order valence-corrected chi connectivity index (χ4v) is 1.23. The number of hydrogen-bond acceptors (Lipinski definition) is 4. The van der Waals surface area contributed by atoms with E-state index in [2.05, 4.69) is 20.3 Å². The Bertz CT molecular complexity index is 503. The summed E-state index contributed by atoms with van der Waals surface area (Å²) < 4.78 is 0. The molecule has 6 heteroatoms. The number of anilines is 1. The Hall–Kier alpha value is -2.01. The summed E-state index contributed by atoms with van der Waals surface area (Å²) in [5.74, 6) is -0.164. The molecule has 0 spiro atoms. The molecule has 0 aliphatic rings. The van der Waals surface area contributed by atoms with Gasteiger partial charge in [-0.3, -0.25) is 10.1 Å². The summed E-state index contributed by atoms with van der Waals surface area (Å²) in [6.45, 7) is 0. The van der Waals surface area contributed by atoms with Crippen LogP contribution in [0.25, 0.3) is 0 Å². The molecule has 0 atom stereocenters. The Labute approximate surface area is 96.5 Å². The monoisotopic (exact) mass is 234 g/mol. The molecule has 0 aromatic carbocycles. The van der Waals surface area contributed by atoms with Gasteiger partial charge in [-0.1, -0.05) is 17.7 Å². The van der Waals surface area contributed by atoms with Gasteiger partial charge in [0.05, 0.1) is 0 Å². The summed E-state index contributed by atoms with van der Waals surface area (Å²) in [6, 6.07) is 6.46. The third-order valence-corrected chi connectivity index (χ3v) is 1.95. The zero-order chi connectivity index (χ0) is 11.4. The van der Waals surface area contributed by atoms with E-state index >= 15 is 0 Å². The maximum atomic E-state index is 11.7. The smallest absolute Gasteiger partial charge is 0.276 e. The molecule has 0 bridgehead atoms. The molecule has 0 radical (unpaired) electrons. The molecular weight excluding hydrogens is 228 g/mol. The molecule has 1 amide bonds. The lowest BCUT2D eigenvalue weighted by atomic mass is 10.3. The van der Waals surface area contributed by atoms with E-state index in [1.807, 2.05) is 0 Å². The van der Waals surface area contributed by atoms with Gasteiger partial charge < -0.3 is 0 Å². The fourth-order valence-electron chi connectivity index (χ4n) is 1.06. The fraction of sp³-hybridized carbons (Fsp3) is 0. The molecule has 2 aromatic rings. The average Bonchev–Trinajstić information content (AvgIpc) is 2.30. The van der Waals surface area contributed by atoms with E-state index in [0.29, 0.717) is 0 Å². The first kappa shape index (κ1) is 10.5. The topological polar surface area (TPSA) is 67.8 Å². The number of halogens is 1. The van der Waals surface area contributed by atoms with Gasteiger partial charge in [-0.15, -0.1) is 0 Å². The zero-order valence-corrected chi connectivity index (χ0v) is 8.85. The predicted molar refractivity (Wildman–Crippen MR) is 59.2 cm³/mol. The van der Waals surface area contributed by atoms with E-state index in [0.717, 1.165) is 0 Å². The number of nitrogens with zero attached hydrogens (tertiary/aromatic N) is 3. The van der Waals surface area contributed by atoms with E-state index in [9.17, 15) is 4.79 Å². The van der Waals surface area contributed by atoms with Gasteiger partial charge in [-0.2, -0.15) is 0 Å². The molecule has 0 unspecified atom stereocenters. The molecule has 2 heterocycles. The number of amides is 1. The van der Waals surface area contributed by atoms with E-state index in [4.69, 9.17) is 11.6 Å². The van der Waals surface area contributed by atoms with Gasteiger partial charge in [0.25, 0.3) is 5.91 Å². The number of carbonyl (C=O) groups excluding carboxylic acids is 1. The number of carbonyl (C=O) groups is 1. The third-order valence-electron chi connectivity index (χ3n) is 1.74. The second-order valence-corrected chi connectivity index (χ2v) is 3.26. The molecule has 1 N–H and O–H groups in total. The van der Waals surface area contributed by atoms with Crippen molar-refractivity contribution in [3.63, 3.8) is 0 Å². The van der Waals surface area contributed by atoms with E-state index in [1.165, 1.54) is 12.4 Å². The minimum atomic E-state index is -0.395. The van der Waals surface area contributed by atoms with Gasteiger partial charge in [0, 0.05) is 12.4 Å². The van der Waals surface area contributed by atoms with E-state index in [1.54, 1.807) is 24.3 Å². The van der Waals surface area contributed by atoms with Gasteiger partial charge >= 0.3 is 0 Å². The van der Waals surface area contributed by atoms with Crippen LogP contribution >= 0.6 is 11.6 Å². The average molecular weight is 235 g/mol. The second kappa shape index (κ2) is 4.67.